The van der Waals surface area contributed by atoms with Crippen molar-refractivity contribution in [2.24, 2.45) is 5.84 Å². The molecule has 0 radical (unpaired) electrons. The van der Waals surface area contributed by atoms with E-state index in [9.17, 15) is 8.78 Å². The van der Waals surface area contributed by atoms with Gasteiger partial charge in [-0.3, -0.25) is 11.3 Å². The lowest BCUT2D eigenvalue weighted by atomic mass is 10.1. The lowest BCUT2D eigenvalue weighted by Crippen LogP contribution is -2.30. The molecule has 1 atom stereocenters. The van der Waals surface area contributed by atoms with E-state index in [2.05, 4.69) is 5.43 Å². The summed E-state index contributed by atoms with van der Waals surface area (Å²) in [6, 6.07) is 10.9. The van der Waals surface area contributed by atoms with Gasteiger partial charge in [0, 0.05) is 16.2 Å². The predicted molar refractivity (Wildman–Crippen MR) is 78.3 cm³/mol. The maximum absolute atomic E-state index is 13.7. The summed E-state index contributed by atoms with van der Waals surface area (Å²) in [6.07, 6.45) is 0. The van der Waals surface area contributed by atoms with Crippen LogP contribution in [-0.2, 0) is 0 Å². The van der Waals surface area contributed by atoms with E-state index in [1.54, 1.807) is 11.8 Å². The van der Waals surface area contributed by atoms with Crippen molar-refractivity contribution in [2.75, 3.05) is 5.75 Å². The number of rotatable bonds is 5. The van der Waals surface area contributed by atoms with E-state index >= 15 is 0 Å². The van der Waals surface area contributed by atoms with Gasteiger partial charge in [-0.25, -0.2) is 8.78 Å². The molecule has 2 rings (SSSR count). The Hall–Kier alpha value is -1.43. The van der Waals surface area contributed by atoms with Gasteiger partial charge in [0.25, 0.3) is 0 Å². The van der Waals surface area contributed by atoms with Crippen LogP contribution in [0.4, 0.5) is 8.78 Å². The number of thioether (sulfide) groups is 1. The van der Waals surface area contributed by atoms with Gasteiger partial charge in [0.2, 0.25) is 0 Å². The minimum absolute atomic E-state index is 0.243. The van der Waals surface area contributed by atoms with Gasteiger partial charge in [0.15, 0.2) is 0 Å². The Morgan fingerprint density at radius 1 is 1.20 bits per heavy atom. The van der Waals surface area contributed by atoms with Crippen molar-refractivity contribution in [2.45, 2.75) is 17.9 Å². The van der Waals surface area contributed by atoms with Gasteiger partial charge >= 0.3 is 0 Å². The fourth-order valence-electron chi connectivity index (χ4n) is 1.89. The number of hydrogen-bond acceptors (Lipinski definition) is 3. The molecule has 0 heterocycles. The van der Waals surface area contributed by atoms with Crippen LogP contribution >= 0.6 is 11.8 Å². The van der Waals surface area contributed by atoms with E-state index in [-0.39, 0.29) is 5.56 Å². The Bertz CT molecular complexity index is 590. The smallest absolute Gasteiger partial charge is 0.128 e. The minimum Gasteiger partial charge on any atom is -0.271 e. The van der Waals surface area contributed by atoms with Crippen molar-refractivity contribution >= 4 is 11.8 Å². The van der Waals surface area contributed by atoms with Gasteiger partial charge in [0.1, 0.15) is 11.6 Å². The highest BCUT2D eigenvalue weighted by molar-refractivity contribution is 7.99. The van der Waals surface area contributed by atoms with Gasteiger partial charge in [-0.05, 0) is 37.3 Å². The Kier molecular flexibility index (Phi) is 5.11. The second-order valence-corrected chi connectivity index (χ2v) is 5.61. The van der Waals surface area contributed by atoms with Crippen LogP contribution in [0.2, 0.25) is 0 Å². The summed E-state index contributed by atoms with van der Waals surface area (Å²) in [5.41, 5.74) is 3.94. The molecular formula is C15H16F2N2S. The van der Waals surface area contributed by atoms with E-state index in [1.807, 2.05) is 31.2 Å². The number of nitrogens with two attached hydrogens (primary N) is 1. The molecule has 0 fully saturated rings. The first-order chi connectivity index (χ1) is 9.60. The zero-order chi connectivity index (χ0) is 14.5. The average Bonchev–Trinajstić information content (AvgIpc) is 2.43. The summed E-state index contributed by atoms with van der Waals surface area (Å²) >= 11 is 1.55. The molecule has 0 aliphatic heterocycles. The molecule has 0 spiro atoms. The number of hydrazine groups is 1. The SMILES string of the molecule is Cc1cccc(SCC(NN)c2cc(F)ccc2F)c1. The van der Waals surface area contributed by atoms with Gasteiger partial charge in [0.05, 0.1) is 6.04 Å². The van der Waals surface area contributed by atoms with Gasteiger partial charge in [-0.2, -0.15) is 0 Å². The topological polar surface area (TPSA) is 38.0 Å². The highest BCUT2D eigenvalue weighted by Crippen LogP contribution is 2.26. The molecule has 0 amide bonds. The quantitative estimate of drug-likeness (QED) is 0.503. The Labute approximate surface area is 121 Å². The molecule has 2 aromatic carbocycles. The molecule has 5 heteroatoms. The summed E-state index contributed by atoms with van der Waals surface area (Å²) in [6.45, 7) is 2.01. The average molecular weight is 294 g/mol. The Morgan fingerprint density at radius 2 is 2.00 bits per heavy atom. The monoisotopic (exact) mass is 294 g/mol. The third-order valence-corrected chi connectivity index (χ3v) is 4.03. The molecule has 20 heavy (non-hydrogen) atoms. The number of aryl methyl sites for hydroxylation is 1. The number of halogens is 2. The van der Waals surface area contributed by atoms with Crippen molar-refractivity contribution in [3.8, 4) is 0 Å². The van der Waals surface area contributed by atoms with E-state index in [4.69, 9.17) is 5.84 Å². The summed E-state index contributed by atoms with van der Waals surface area (Å²) in [5.74, 6) is 5.05. The summed E-state index contributed by atoms with van der Waals surface area (Å²) < 4.78 is 26.9. The summed E-state index contributed by atoms with van der Waals surface area (Å²) in [7, 11) is 0. The molecule has 1 unspecified atom stereocenters. The maximum Gasteiger partial charge on any atom is 0.128 e. The molecule has 0 bridgehead atoms. The highest BCUT2D eigenvalue weighted by atomic mass is 32.2. The van der Waals surface area contributed by atoms with Gasteiger partial charge in [-0.15, -0.1) is 11.8 Å². The normalized spacial score (nSPS) is 12.4. The second-order valence-electron chi connectivity index (χ2n) is 4.51. The first-order valence-corrected chi connectivity index (χ1v) is 7.19. The first kappa shape index (κ1) is 15.0. The molecule has 106 valence electrons. The zero-order valence-electron chi connectivity index (χ0n) is 11.1. The number of hydrogen-bond donors (Lipinski definition) is 2. The van der Waals surface area contributed by atoms with Crippen LogP contribution < -0.4 is 11.3 Å². The van der Waals surface area contributed by atoms with Crippen LogP contribution in [0.25, 0.3) is 0 Å². The van der Waals surface area contributed by atoms with E-state index in [0.29, 0.717) is 5.75 Å². The molecule has 0 saturated heterocycles. The molecule has 0 aliphatic rings. The second kappa shape index (κ2) is 6.83. The van der Waals surface area contributed by atoms with Crippen molar-refractivity contribution in [1.82, 2.24) is 5.43 Å². The maximum atomic E-state index is 13.7. The van der Waals surface area contributed by atoms with Crippen molar-refractivity contribution < 1.29 is 8.78 Å². The van der Waals surface area contributed by atoms with Crippen LogP contribution in [0.1, 0.15) is 17.2 Å². The van der Waals surface area contributed by atoms with Gasteiger partial charge < -0.3 is 0 Å². The fraction of sp³-hybridized carbons (Fsp3) is 0.200. The highest BCUT2D eigenvalue weighted by Gasteiger charge is 2.15. The summed E-state index contributed by atoms with van der Waals surface area (Å²) in [5, 5.41) is 0. The first-order valence-electron chi connectivity index (χ1n) is 6.20. The van der Waals surface area contributed by atoms with Crippen LogP contribution in [0.3, 0.4) is 0 Å². The third-order valence-electron chi connectivity index (χ3n) is 2.94. The Balaban J connectivity index is 2.11. The molecule has 0 aromatic heterocycles. The fourth-order valence-corrected chi connectivity index (χ4v) is 2.97. The third kappa shape index (κ3) is 3.79. The van der Waals surface area contributed by atoms with Crippen LogP contribution in [0.15, 0.2) is 47.4 Å². The lowest BCUT2D eigenvalue weighted by molar-refractivity contribution is 0.534. The molecule has 2 aromatic rings. The Morgan fingerprint density at radius 3 is 2.70 bits per heavy atom. The van der Waals surface area contributed by atoms with Crippen molar-refractivity contribution in [1.29, 1.82) is 0 Å². The van der Waals surface area contributed by atoms with Crippen molar-refractivity contribution in [3.63, 3.8) is 0 Å². The molecule has 0 saturated carbocycles. The molecule has 2 nitrogen and oxygen atoms in total. The molecule has 0 aliphatic carbocycles. The van der Waals surface area contributed by atoms with E-state index < -0.39 is 17.7 Å². The minimum atomic E-state index is -0.470. The predicted octanol–water partition coefficient (Wildman–Crippen LogP) is 3.57. The van der Waals surface area contributed by atoms with Gasteiger partial charge in [-0.1, -0.05) is 17.7 Å². The van der Waals surface area contributed by atoms with Crippen LogP contribution in [-0.4, -0.2) is 5.75 Å². The van der Waals surface area contributed by atoms with Crippen LogP contribution in [0.5, 0.6) is 0 Å². The van der Waals surface area contributed by atoms with Crippen LogP contribution in [0, 0.1) is 18.6 Å². The van der Waals surface area contributed by atoms with Crippen molar-refractivity contribution in [3.05, 3.63) is 65.2 Å². The van der Waals surface area contributed by atoms with E-state index in [1.165, 1.54) is 6.07 Å². The standard InChI is InChI=1S/C15H16F2N2S/c1-10-3-2-4-12(7-10)20-9-15(19-18)13-8-11(16)5-6-14(13)17/h2-8,15,19H,9,18H2,1H3. The van der Waals surface area contributed by atoms with E-state index in [0.717, 1.165) is 22.6 Å². The molecule has 3 N–H and O–H groups in total. The lowest BCUT2D eigenvalue weighted by Gasteiger charge is -2.17. The molecular weight excluding hydrogens is 278 g/mol. The number of nitrogens with one attached hydrogen (secondary N) is 1. The summed E-state index contributed by atoms with van der Waals surface area (Å²) in [4.78, 5) is 1.07. The largest absolute Gasteiger partial charge is 0.271 e. The number of benzene rings is 2. The zero-order valence-corrected chi connectivity index (χ0v) is 11.9.